The third-order valence-electron chi connectivity index (χ3n) is 3.83. The molecule has 0 bridgehead atoms. The SMILES string of the molecule is CCOC(=O)COc1ccc(C(=O)c2cc(Cl)c(O)c(CN(C)C)c2)c(Cl)c1Cl.Cl. The van der Waals surface area contributed by atoms with Gasteiger partial charge in [0.25, 0.3) is 0 Å². The van der Waals surface area contributed by atoms with Gasteiger partial charge in [0.2, 0.25) is 0 Å². The minimum Gasteiger partial charge on any atom is -0.506 e. The summed E-state index contributed by atoms with van der Waals surface area (Å²) in [7, 11) is 3.65. The lowest BCUT2D eigenvalue weighted by atomic mass is 10.00. The van der Waals surface area contributed by atoms with E-state index in [0.717, 1.165) is 0 Å². The van der Waals surface area contributed by atoms with Gasteiger partial charge in [0.1, 0.15) is 16.5 Å². The van der Waals surface area contributed by atoms with Gasteiger partial charge in [0, 0.05) is 23.2 Å². The number of rotatable bonds is 8. The Balaban J connectivity index is 0.00000450. The van der Waals surface area contributed by atoms with Crippen molar-refractivity contribution in [2.24, 2.45) is 0 Å². The minimum absolute atomic E-state index is 0. The number of phenols is 1. The van der Waals surface area contributed by atoms with E-state index in [2.05, 4.69) is 0 Å². The van der Waals surface area contributed by atoms with Crippen molar-refractivity contribution in [3.63, 3.8) is 0 Å². The predicted octanol–water partition coefficient (Wildman–Crippen LogP) is 5.01. The Morgan fingerprint density at radius 2 is 1.77 bits per heavy atom. The first-order valence-corrected chi connectivity index (χ1v) is 9.76. The number of hydrogen-bond acceptors (Lipinski definition) is 6. The third-order valence-corrected chi connectivity index (χ3v) is 4.99. The number of carbonyl (C=O) groups is 2. The van der Waals surface area contributed by atoms with Gasteiger partial charge in [-0.05, 0) is 45.3 Å². The summed E-state index contributed by atoms with van der Waals surface area (Å²) in [5.41, 5.74) is 0.892. The van der Waals surface area contributed by atoms with E-state index < -0.39 is 11.8 Å². The molecule has 2 aromatic carbocycles. The lowest BCUT2D eigenvalue weighted by Crippen LogP contribution is -2.15. The maximum absolute atomic E-state index is 13.0. The predicted molar refractivity (Wildman–Crippen MR) is 120 cm³/mol. The van der Waals surface area contributed by atoms with Gasteiger partial charge in [0.15, 0.2) is 12.4 Å². The van der Waals surface area contributed by atoms with Gasteiger partial charge in [-0.25, -0.2) is 4.79 Å². The van der Waals surface area contributed by atoms with E-state index in [4.69, 9.17) is 44.3 Å². The Kier molecular flexibility index (Phi) is 10.2. The van der Waals surface area contributed by atoms with Crippen molar-refractivity contribution in [3.05, 3.63) is 56.0 Å². The molecule has 0 saturated heterocycles. The molecule has 2 rings (SSSR count). The highest BCUT2D eigenvalue weighted by Gasteiger charge is 2.21. The molecule has 0 unspecified atom stereocenters. The Hall–Kier alpha value is -1.70. The van der Waals surface area contributed by atoms with Crippen LogP contribution in [0.3, 0.4) is 0 Å². The molecule has 0 spiro atoms. The first-order chi connectivity index (χ1) is 13.6. The van der Waals surface area contributed by atoms with Crippen molar-refractivity contribution in [1.29, 1.82) is 0 Å². The molecule has 0 heterocycles. The van der Waals surface area contributed by atoms with Crippen molar-refractivity contribution in [1.82, 2.24) is 4.90 Å². The second-order valence-electron chi connectivity index (χ2n) is 6.37. The molecular formula is C20H21Cl4NO5. The van der Waals surface area contributed by atoms with Crippen LogP contribution in [-0.2, 0) is 16.1 Å². The molecule has 0 fully saturated rings. The normalized spacial score (nSPS) is 10.5. The summed E-state index contributed by atoms with van der Waals surface area (Å²) in [5, 5.41) is 10.2. The van der Waals surface area contributed by atoms with E-state index in [1.165, 1.54) is 18.2 Å². The third kappa shape index (κ3) is 6.40. The highest BCUT2D eigenvalue weighted by atomic mass is 35.5. The van der Waals surface area contributed by atoms with Crippen LogP contribution in [0.2, 0.25) is 15.1 Å². The molecule has 0 aliphatic heterocycles. The maximum atomic E-state index is 13.0. The number of nitrogens with zero attached hydrogens (tertiary/aromatic N) is 1. The van der Waals surface area contributed by atoms with E-state index in [9.17, 15) is 14.7 Å². The van der Waals surface area contributed by atoms with E-state index in [1.807, 2.05) is 19.0 Å². The van der Waals surface area contributed by atoms with Gasteiger partial charge < -0.3 is 19.5 Å². The number of aromatic hydroxyl groups is 1. The number of benzene rings is 2. The van der Waals surface area contributed by atoms with Gasteiger partial charge in [-0.15, -0.1) is 12.4 Å². The highest BCUT2D eigenvalue weighted by Crippen LogP contribution is 2.37. The zero-order chi connectivity index (χ0) is 21.7. The number of ketones is 1. The largest absolute Gasteiger partial charge is 0.506 e. The topological polar surface area (TPSA) is 76.1 Å². The summed E-state index contributed by atoms with van der Waals surface area (Å²) >= 11 is 18.6. The molecule has 10 heteroatoms. The highest BCUT2D eigenvalue weighted by molar-refractivity contribution is 6.45. The second kappa shape index (κ2) is 11.6. The lowest BCUT2D eigenvalue weighted by molar-refractivity contribution is -0.145. The maximum Gasteiger partial charge on any atom is 0.344 e. The van der Waals surface area contributed by atoms with E-state index >= 15 is 0 Å². The van der Waals surface area contributed by atoms with Crippen LogP contribution in [0.15, 0.2) is 24.3 Å². The Morgan fingerprint density at radius 1 is 1.10 bits per heavy atom. The number of halogens is 4. The first-order valence-electron chi connectivity index (χ1n) is 8.62. The summed E-state index contributed by atoms with van der Waals surface area (Å²) in [6.07, 6.45) is 0. The van der Waals surface area contributed by atoms with Gasteiger partial charge in [-0.1, -0.05) is 34.8 Å². The number of hydrogen-bond donors (Lipinski definition) is 1. The summed E-state index contributed by atoms with van der Waals surface area (Å²) in [6.45, 7) is 1.97. The van der Waals surface area contributed by atoms with Crippen LogP contribution in [0.5, 0.6) is 11.5 Å². The van der Waals surface area contributed by atoms with Gasteiger partial charge >= 0.3 is 5.97 Å². The fourth-order valence-corrected chi connectivity index (χ4v) is 3.26. The molecule has 0 radical (unpaired) electrons. The summed E-state index contributed by atoms with van der Waals surface area (Å²) in [4.78, 5) is 26.2. The van der Waals surface area contributed by atoms with Crippen LogP contribution >= 0.6 is 47.2 Å². The summed E-state index contributed by atoms with van der Waals surface area (Å²) in [6, 6.07) is 5.82. The average Bonchev–Trinajstić information content (AvgIpc) is 2.65. The molecule has 0 aliphatic rings. The van der Waals surface area contributed by atoms with E-state index in [-0.39, 0.29) is 63.3 Å². The fraction of sp³-hybridized carbons (Fsp3) is 0.300. The molecule has 164 valence electrons. The first kappa shape index (κ1) is 26.3. The van der Waals surface area contributed by atoms with Crippen LogP contribution in [-0.4, -0.2) is 49.1 Å². The number of phenolic OH excluding ortho intramolecular Hbond substituents is 1. The molecule has 1 N–H and O–H groups in total. The van der Waals surface area contributed by atoms with Crippen molar-refractivity contribution in [2.75, 3.05) is 27.3 Å². The van der Waals surface area contributed by atoms with E-state index in [1.54, 1.807) is 13.0 Å². The monoisotopic (exact) mass is 495 g/mol. The Morgan fingerprint density at radius 3 is 2.37 bits per heavy atom. The van der Waals surface area contributed by atoms with Crippen LogP contribution in [0.25, 0.3) is 0 Å². The molecule has 2 aromatic rings. The summed E-state index contributed by atoms with van der Waals surface area (Å²) < 4.78 is 10.1. The standard InChI is InChI=1S/C20H20Cl3NO5.ClH/c1-4-28-16(25)10-29-15-6-5-13(17(22)18(15)23)19(26)11-7-12(9-24(2)3)20(27)14(21)8-11;/h5-8,27H,4,9-10H2,1-3H3;1H. The zero-order valence-electron chi connectivity index (χ0n) is 16.5. The van der Waals surface area contributed by atoms with Gasteiger partial charge in [-0.3, -0.25) is 4.79 Å². The molecular weight excluding hydrogens is 476 g/mol. The van der Waals surface area contributed by atoms with Gasteiger partial charge in [-0.2, -0.15) is 0 Å². The Labute approximate surface area is 196 Å². The van der Waals surface area contributed by atoms with Gasteiger partial charge in [0.05, 0.1) is 16.7 Å². The van der Waals surface area contributed by atoms with E-state index in [0.29, 0.717) is 12.1 Å². The molecule has 0 aromatic heterocycles. The van der Waals surface area contributed by atoms with Crippen LogP contribution in [0.4, 0.5) is 0 Å². The van der Waals surface area contributed by atoms with Crippen LogP contribution < -0.4 is 4.74 Å². The minimum atomic E-state index is -0.549. The van der Waals surface area contributed by atoms with Crippen molar-refractivity contribution >= 4 is 59.0 Å². The number of esters is 1. The summed E-state index contributed by atoms with van der Waals surface area (Å²) in [5.74, 6) is -0.898. The molecule has 0 amide bonds. The lowest BCUT2D eigenvalue weighted by Gasteiger charge is -2.15. The smallest absolute Gasteiger partial charge is 0.344 e. The molecule has 0 aliphatic carbocycles. The zero-order valence-corrected chi connectivity index (χ0v) is 19.6. The molecule has 0 saturated carbocycles. The number of ether oxygens (including phenoxy) is 2. The number of carbonyl (C=O) groups excluding carboxylic acids is 2. The molecule has 30 heavy (non-hydrogen) atoms. The van der Waals surface area contributed by atoms with Crippen LogP contribution in [0, 0.1) is 0 Å². The van der Waals surface area contributed by atoms with Crippen molar-refractivity contribution in [3.8, 4) is 11.5 Å². The molecule has 6 nitrogen and oxygen atoms in total. The average molecular weight is 497 g/mol. The second-order valence-corrected chi connectivity index (χ2v) is 7.53. The Bertz CT molecular complexity index is 934. The van der Waals surface area contributed by atoms with Crippen molar-refractivity contribution < 1.29 is 24.2 Å². The van der Waals surface area contributed by atoms with Crippen molar-refractivity contribution in [2.45, 2.75) is 13.5 Å². The van der Waals surface area contributed by atoms with Crippen LogP contribution in [0.1, 0.15) is 28.4 Å². The molecule has 0 atom stereocenters. The fourth-order valence-electron chi connectivity index (χ4n) is 2.56. The quantitative estimate of drug-likeness (QED) is 0.409.